The van der Waals surface area contributed by atoms with E-state index in [0.717, 1.165) is 11.1 Å². The van der Waals surface area contributed by atoms with Crippen LogP contribution in [-0.2, 0) is 0 Å². The van der Waals surface area contributed by atoms with Gasteiger partial charge in [-0.1, -0.05) is 12.1 Å². The van der Waals surface area contributed by atoms with E-state index in [4.69, 9.17) is 15.2 Å². The quantitative estimate of drug-likeness (QED) is 0.918. The number of aryl methyl sites for hydroxylation is 1. The van der Waals surface area contributed by atoms with Crippen LogP contribution in [0.25, 0.3) is 0 Å². The van der Waals surface area contributed by atoms with Gasteiger partial charge in [-0.3, -0.25) is 0 Å². The second-order valence-corrected chi connectivity index (χ2v) is 4.67. The summed E-state index contributed by atoms with van der Waals surface area (Å²) in [7, 11) is 1.58. The van der Waals surface area contributed by atoms with Crippen molar-refractivity contribution in [3.63, 3.8) is 0 Å². The first kappa shape index (κ1) is 14.3. The Balaban J connectivity index is 2.45. The first-order valence-electron chi connectivity index (χ1n) is 6.39. The molecule has 0 heterocycles. The highest BCUT2D eigenvalue weighted by Gasteiger charge is 2.15. The molecule has 0 aromatic heterocycles. The lowest BCUT2D eigenvalue weighted by molar-refractivity contribution is 0.397. The molecule has 0 unspecified atom stereocenters. The number of halogens is 1. The van der Waals surface area contributed by atoms with Crippen molar-refractivity contribution >= 4 is 0 Å². The largest absolute Gasteiger partial charge is 0.496 e. The van der Waals surface area contributed by atoms with Gasteiger partial charge in [-0.25, -0.2) is 4.39 Å². The van der Waals surface area contributed by atoms with E-state index in [9.17, 15) is 4.39 Å². The van der Waals surface area contributed by atoms with Crippen LogP contribution in [-0.4, -0.2) is 7.11 Å². The maximum atomic E-state index is 13.3. The van der Waals surface area contributed by atoms with Gasteiger partial charge in [-0.15, -0.1) is 0 Å². The van der Waals surface area contributed by atoms with Crippen molar-refractivity contribution in [2.75, 3.05) is 7.11 Å². The maximum Gasteiger partial charge on any atom is 0.135 e. The Morgan fingerprint density at radius 1 is 1.10 bits per heavy atom. The average Bonchev–Trinajstić information content (AvgIpc) is 2.42. The van der Waals surface area contributed by atoms with E-state index in [1.807, 2.05) is 26.0 Å². The molecule has 0 spiro atoms. The van der Waals surface area contributed by atoms with E-state index in [1.165, 1.54) is 12.1 Å². The maximum absolute atomic E-state index is 13.3. The number of nitrogens with two attached hydrogens (primary N) is 1. The summed E-state index contributed by atoms with van der Waals surface area (Å²) in [5.41, 5.74) is 7.59. The van der Waals surface area contributed by atoms with Gasteiger partial charge < -0.3 is 15.2 Å². The van der Waals surface area contributed by atoms with E-state index in [0.29, 0.717) is 17.2 Å². The van der Waals surface area contributed by atoms with Crippen LogP contribution in [0.1, 0.15) is 24.1 Å². The van der Waals surface area contributed by atoms with E-state index < -0.39 is 0 Å². The first-order valence-corrected chi connectivity index (χ1v) is 6.39. The van der Waals surface area contributed by atoms with Crippen LogP contribution in [0.4, 0.5) is 4.39 Å². The van der Waals surface area contributed by atoms with Crippen LogP contribution >= 0.6 is 0 Å². The highest BCUT2D eigenvalue weighted by Crippen LogP contribution is 2.36. The highest BCUT2D eigenvalue weighted by molar-refractivity contribution is 5.49. The molecule has 0 fully saturated rings. The zero-order valence-electron chi connectivity index (χ0n) is 11.8. The molecule has 1 atom stereocenters. The third-order valence-electron chi connectivity index (χ3n) is 3.07. The molecule has 4 heteroatoms. The van der Waals surface area contributed by atoms with Gasteiger partial charge in [0.05, 0.1) is 12.7 Å². The van der Waals surface area contributed by atoms with Crippen molar-refractivity contribution in [1.82, 2.24) is 0 Å². The molecule has 2 aromatic carbocycles. The van der Waals surface area contributed by atoms with Gasteiger partial charge in [0, 0.05) is 12.1 Å². The lowest BCUT2D eigenvalue weighted by Crippen LogP contribution is -2.09. The Kier molecular flexibility index (Phi) is 4.25. The topological polar surface area (TPSA) is 44.5 Å². The molecule has 0 aliphatic rings. The lowest BCUT2D eigenvalue weighted by atomic mass is 10.1. The van der Waals surface area contributed by atoms with E-state index >= 15 is 0 Å². The van der Waals surface area contributed by atoms with Crippen LogP contribution in [0.3, 0.4) is 0 Å². The Morgan fingerprint density at radius 3 is 2.45 bits per heavy atom. The summed E-state index contributed by atoms with van der Waals surface area (Å²) in [6.45, 7) is 3.71. The molecule has 2 rings (SSSR count). The molecule has 0 amide bonds. The highest BCUT2D eigenvalue weighted by atomic mass is 19.1. The summed E-state index contributed by atoms with van der Waals surface area (Å²) in [6.07, 6.45) is 0. The summed E-state index contributed by atoms with van der Waals surface area (Å²) in [6, 6.07) is 9.62. The molecule has 0 aliphatic carbocycles. The average molecular weight is 275 g/mol. The molecule has 2 N–H and O–H groups in total. The Labute approximate surface area is 118 Å². The number of benzene rings is 2. The van der Waals surface area contributed by atoms with Crippen molar-refractivity contribution < 1.29 is 13.9 Å². The predicted octanol–water partition coefficient (Wildman–Crippen LogP) is 3.95. The van der Waals surface area contributed by atoms with Crippen molar-refractivity contribution in [2.45, 2.75) is 19.9 Å². The fourth-order valence-electron chi connectivity index (χ4n) is 2.04. The van der Waals surface area contributed by atoms with Crippen LogP contribution in [0.15, 0.2) is 36.4 Å². The van der Waals surface area contributed by atoms with Gasteiger partial charge in [0.2, 0.25) is 0 Å². The molecular formula is C16H18FNO2. The molecule has 0 saturated carbocycles. The molecule has 20 heavy (non-hydrogen) atoms. The normalized spacial score (nSPS) is 12.1. The minimum Gasteiger partial charge on any atom is -0.496 e. The first-order chi connectivity index (χ1) is 9.52. The lowest BCUT2D eigenvalue weighted by Gasteiger charge is -2.18. The predicted molar refractivity (Wildman–Crippen MR) is 76.8 cm³/mol. The zero-order chi connectivity index (χ0) is 14.7. The summed E-state index contributed by atoms with van der Waals surface area (Å²) in [5, 5.41) is 0. The fourth-order valence-corrected chi connectivity index (χ4v) is 2.04. The number of rotatable bonds is 4. The van der Waals surface area contributed by atoms with Crippen molar-refractivity contribution in [3.05, 3.63) is 53.3 Å². The summed E-state index contributed by atoms with van der Waals surface area (Å²) in [5.74, 6) is 1.37. The second-order valence-electron chi connectivity index (χ2n) is 4.67. The van der Waals surface area contributed by atoms with Gasteiger partial charge in [-0.05, 0) is 37.6 Å². The number of ether oxygens (including phenoxy) is 2. The number of hydrogen-bond donors (Lipinski definition) is 1. The van der Waals surface area contributed by atoms with E-state index in [1.54, 1.807) is 19.2 Å². The van der Waals surface area contributed by atoms with Gasteiger partial charge >= 0.3 is 0 Å². The third kappa shape index (κ3) is 2.91. The Bertz CT molecular complexity index is 611. The molecule has 0 saturated heterocycles. The summed E-state index contributed by atoms with van der Waals surface area (Å²) in [4.78, 5) is 0. The van der Waals surface area contributed by atoms with Crippen LogP contribution in [0.5, 0.6) is 17.2 Å². The molecular weight excluding hydrogens is 257 g/mol. The Hall–Kier alpha value is -2.07. The van der Waals surface area contributed by atoms with Gasteiger partial charge in [-0.2, -0.15) is 0 Å². The second kappa shape index (κ2) is 5.92. The van der Waals surface area contributed by atoms with E-state index in [2.05, 4.69) is 0 Å². The smallest absolute Gasteiger partial charge is 0.135 e. The molecule has 2 aromatic rings. The standard InChI is InChI=1S/C16H18FNO2/c1-10-7-8-12(17)9-15(10)20-14-6-4-5-13(19-3)16(14)11(2)18/h4-9,11H,18H2,1-3H3/t11-/m0/s1. The molecule has 0 aliphatic heterocycles. The number of hydrogen-bond acceptors (Lipinski definition) is 3. The third-order valence-corrected chi connectivity index (χ3v) is 3.07. The monoisotopic (exact) mass is 275 g/mol. The minimum absolute atomic E-state index is 0.255. The molecule has 0 bridgehead atoms. The fraction of sp³-hybridized carbons (Fsp3) is 0.250. The van der Waals surface area contributed by atoms with Crippen molar-refractivity contribution in [3.8, 4) is 17.2 Å². The summed E-state index contributed by atoms with van der Waals surface area (Å²) < 4.78 is 24.5. The van der Waals surface area contributed by atoms with Gasteiger partial charge in [0.25, 0.3) is 0 Å². The molecule has 0 radical (unpaired) electrons. The van der Waals surface area contributed by atoms with Gasteiger partial charge in [0.15, 0.2) is 0 Å². The van der Waals surface area contributed by atoms with Crippen LogP contribution in [0, 0.1) is 12.7 Å². The molecule has 3 nitrogen and oxygen atoms in total. The molecule has 106 valence electrons. The van der Waals surface area contributed by atoms with E-state index in [-0.39, 0.29) is 11.9 Å². The SMILES string of the molecule is COc1cccc(Oc2cc(F)ccc2C)c1[C@H](C)N. The van der Waals surface area contributed by atoms with Crippen LogP contribution in [0.2, 0.25) is 0 Å². The summed E-state index contributed by atoms with van der Waals surface area (Å²) >= 11 is 0. The van der Waals surface area contributed by atoms with Gasteiger partial charge in [0.1, 0.15) is 23.1 Å². The van der Waals surface area contributed by atoms with Crippen molar-refractivity contribution in [2.24, 2.45) is 5.73 Å². The van der Waals surface area contributed by atoms with Crippen LogP contribution < -0.4 is 15.2 Å². The zero-order valence-corrected chi connectivity index (χ0v) is 11.8. The van der Waals surface area contributed by atoms with Crippen molar-refractivity contribution in [1.29, 1.82) is 0 Å². The number of methoxy groups -OCH3 is 1. The Morgan fingerprint density at radius 2 is 1.80 bits per heavy atom. The minimum atomic E-state index is -0.337.